The Balaban J connectivity index is 2.15. The first-order valence-corrected chi connectivity index (χ1v) is 7.48. The molecule has 21 heavy (non-hydrogen) atoms. The van der Waals surface area contributed by atoms with Crippen LogP contribution in [-0.4, -0.2) is 17.0 Å². The monoisotopic (exact) mass is 289 g/mol. The smallest absolute Gasteiger partial charge is 0.310 e. The zero-order valence-corrected chi connectivity index (χ0v) is 12.9. The standard InChI is InChI=1S/C17H23NO3/c1-11(2)13-7-4-6-12(3)15(13)18-14(19)10-17(16(20)21)8-5-9-17/h4,6-7,11H,5,8-10H2,1-3H3,(H,18,19)(H,20,21). The van der Waals surface area contributed by atoms with Crippen molar-refractivity contribution >= 4 is 17.6 Å². The molecule has 1 amide bonds. The third-order valence-corrected chi connectivity index (χ3v) is 4.45. The summed E-state index contributed by atoms with van der Waals surface area (Å²) >= 11 is 0. The Hall–Kier alpha value is -1.84. The van der Waals surface area contributed by atoms with Crippen LogP contribution in [0.1, 0.15) is 56.6 Å². The van der Waals surface area contributed by atoms with Gasteiger partial charge in [0, 0.05) is 12.1 Å². The van der Waals surface area contributed by atoms with Gasteiger partial charge in [0.2, 0.25) is 5.91 Å². The molecule has 1 aromatic carbocycles. The van der Waals surface area contributed by atoms with Crippen molar-refractivity contribution in [1.29, 1.82) is 0 Å². The van der Waals surface area contributed by atoms with Crippen LogP contribution in [-0.2, 0) is 9.59 Å². The van der Waals surface area contributed by atoms with Gasteiger partial charge in [-0.1, -0.05) is 38.5 Å². The molecule has 2 N–H and O–H groups in total. The van der Waals surface area contributed by atoms with Crippen LogP contribution in [0.15, 0.2) is 18.2 Å². The molecule has 1 aliphatic rings. The Kier molecular flexibility index (Phi) is 4.35. The van der Waals surface area contributed by atoms with Crippen molar-refractivity contribution in [2.24, 2.45) is 5.41 Å². The number of anilines is 1. The van der Waals surface area contributed by atoms with Gasteiger partial charge in [-0.05, 0) is 36.8 Å². The minimum Gasteiger partial charge on any atom is -0.481 e. The molecule has 0 aliphatic heterocycles. The predicted octanol–water partition coefficient (Wildman–Crippen LogP) is 3.70. The first kappa shape index (κ1) is 15.5. The van der Waals surface area contributed by atoms with Gasteiger partial charge in [0.15, 0.2) is 0 Å². The summed E-state index contributed by atoms with van der Waals surface area (Å²) in [5.41, 5.74) is 2.08. The fraction of sp³-hybridized carbons (Fsp3) is 0.529. The lowest BCUT2D eigenvalue weighted by Crippen LogP contribution is -2.41. The van der Waals surface area contributed by atoms with Crippen LogP contribution in [0.25, 0.3) is 0 Å². The fourth-order valence-corrected chi connectivity index (χ4v) is 2.90. The quantitative estimate of drug-likeness (QED) is 0.868. The van der Waals surface area contributed by atoms with E-state index in [1.54, 1.807) is 0 Å². The van der Waals surface area contributed by atoms with Gasteiger partial charge in [-0.25, -0.2) is 0 Å². The van der Waals surface area contributed by atoms with E-state index >= 15 is 0 Å². The number of carboxylic acids is 1. The Bertz CT molecular complexity index is 559. The molecule has 0 saturated heterocycles. The van der Waals surface area contributed by atoms with E-state index < -0.39 is 11.4 Å². The Morgan fingerprint density at radius 2 is 2.00 bits per heavy atom. The molecule has 1 fully saturated rings. The topological polar surface area (TPSA) is 66.4 Å². The van der Waals surface area contributed by atoms with Gasteiger partial charge in [0.1, 0.15) is 0 Å². The van der Waals surface area contributed by atoms with E-state index in [-0.39, 0.29) is 12.3 Å². The first-order chi connectivity index (χ1) is 9.85. The van der Waals surface area contributed by atoms with Gasteiger partial charge < -0.3 is 10.4 Å². The Morgan fingerprint density at radius 3 is 2.48 bits per heavy atom. The highest BCUT2D eigenvalue weighted by Crippen LogP contribution is 2.44. The van der Waals surface area contributed by atoms with E-state index in [1.165, 1.54) is 0 Å². The number of nitrogens with one attached hydrogen (secondary N) is 1. The summed E-state index contributed by atoms with van der Waals surface area (Å²) < 4.78 is 0. The zero-order chi connectivity index (χ0) is 15.6. The van der Waals surface area contributed by atoms with Crippen molar-refractivity contribution in [3.63, 3.8) is 0 Å². The summed E-state index contributed by atoms with van der Waals surface area (Å²) in [6.07, 6.45) is 2.15. The van der Waals surface area contributed by atoms with E-state index in [9.17, 15) is 14.7 Å². The van der Waals surface area contributed by atoms with Gasteiger partial charge in [-0.15, -0.1) is 0 Å². The number of carbonyl (C=O) groups is 2. The minimum absolute atomic E-state index is 0.0637. The lowest BCUT2D eigenvalue weighted by Gasteiger charge is -2.37. The van der Waals surface area contributed by atoms with Gasteiger partial charge in [-0.3, -0.25) is 9.59 Å². The lowest BCUT2D eigenvalue weighted by molar-refractivity contribution is -0.157. The maximum atomic E-state index is 12.3. The van der Waals surface area contributed by atoms with Crippen LogP contribution in [0.4, 0.5) is 5.69 Å². The molecule has 4 nitrogen and oxygen atoms in total. The molecular weight excluding hydrogens is 266 g/mol. The molecule has 1 saturated carbocycles. The largest absolute Gasteiger partial charge is 0.481 e. The first-order valence-electron chi connectivity index (χ1n) is 7.48. The van der Waals surface area contributed by atoms with E-state index in [0.717, 1.165) is 23.2 Å². The van der Waals surface area contributed by atoms with Crippen molar-refractivity contribution in [2.45, 2.75) is 52.4 Å². The number of benzene rings is 1. The summed E-state index contributed by atoms with van der Waals surface area (Å²) in [6, 6.07) is 5.94. The Labute approximate surface area is 125 Å². The number of hydrogen-bond donors (Lipinski definition) is 2. The second-order valence-electron chi connectivity index (χ2n) is 6.36. The summed E-state index contributed by atoms with van der Waals surface area (Å²) in [4.78, 5) is 23.6. The normalized spacial score (nSPS) is 16.4. The zero-order valence-electron chi connectivity index (χ0n) is 12.9. The molecule has 0 unspecified atom stereocenters. The number of aliphatic carboxylic acids is 1. The molecule has 0 bridgehead atoms. The highest BCUT2D eigenvalue weighted by Gasteiger charge is 2.45. The molecule has 0 radical (unpaired) electrons. The average molecular weight is 289 g/mol. The summed E-state index contributed by atoms with van der Waals surface area (Å²) in [5, 5.41) is 12.3. The van der Waals surface area contributed by atoms with Crippen LogP contribution < -0.4 is 5.32 Å². The van der Waals surface area contributed by atoms with E-state index in [4.69, 9.17) is 0 Å². The number of hydrogen-bond acceptors (Lipinski definition) is 2. The molecule has 0 aromatic heterocycles. The third-order valence-electron chi connectivity index (χ3n) is 4.45. The summed E-state index contributed by atoms with van der Waals surface area (Å²) in [7, 11) is 0. The number of aryl methyl sites for hydroxylation is 1. The number of carbonyl (C=O) groups excluding carboxylic acids is 1. The van der Waals surface area contributed by atoms with Crippen LogP contribution in [0, 0.1) is 12.3 Å². The van der Waals surface area contributed by atoms with Gasteiger partial charge in [0.05, 0.1) is 5.41 Å². The highest BCUT2D eigenvalue weighted by molar-refractivity contribution is 5.95. The van der Waals surface area contributed by atoms with Gasteiger partial charge in [0.25, 0.3) is 0 Å². The van der Waals surface area contributed by atoms with Gasteiger partial charge in [-0.2, -0.15) is 0 Å². The van der Waals surface area contributed by atoms with Crippen molar-refractivity contribution in [3.8, 4) is 0 Å². The molecule has 1 aliphatic carbocycles. The second-order valence-corrected chi connectivity index (χ2v) is 6.36. The SMILES string of the molecule is Cc1cccc(C(C)C)c1NC(=O)CC1(C(=O)O)CCC1. The maximum absolute atomic E-state index is 12.3. The molecule has 1 aromatic rings. The summed E-state index contributed by atoms with van der Waals surface area (Å²) in [5.74, 6) is -0.747. The van der Waals surface area contributed by atoms with Crippen LogP contribution in [0.3, 0.4) is 0 Å². The predicted molar refractivity (Wildman–Crippen MR) is 82.4 cm³/mol. The van der Waals surface area contributed by atoms with Crippen molar-refractivity contribution in [1.82, 2.24) is 0 Å². The van der Waals surface area contributed by atoms with Crippen molar-refractivity contribution in [3.05, 3.63) is 29.3 Å². The highest BCUT2D eigenvalue weighted by atomic mass is 16.4. The molecule has 0 spiro atoms. The van der Waals surface area contributed by atoms with Crippen LogP contribution in [0.2, 0.25) is 0 Å². The van der Waals surface area contributed by atoms with Gasteiger partial charge >= 0.3 is 5.97 Å². The molecule has 0 atom stereocenters. The van der Waals surface area contributed by atoms with E-state index in [1.807, 2.05) is 25.1 Å². The number of amides is 1. The molecular formula is C17H23NO3. The van der Waals surface area contributed by atoms with Crippen molar-refractivity contribution in [2.75, 3.05) is 5.32 Å². The molecule has 0 heterocycles. The third kappa shape index (κ3) is 3.09. The van der Waals surface area contributed by atoms with Crippen molar-refractivity contribution < 1.29 is 14.7 Å². The molecule has 114 valence electrons. The molecule has 4 heteroatoms. The molecule has 2 rings (SSSR count). The minimum atomic E-state index is -0.849. The maximum Gasteiger partial charge on any atom is 0.310 e. The Morgan fingerprint density at radius 1 is 1.33 bits per heavy atom. The second kappa shape index (κ2) is 5.88. The number of carboxylic acid groups (broad SMARTS) is 1. The van der Waals surface area contributed by atoms with E-state index in [0.29, 0.717) is 18.8 Å². The van der Waals surface area contributed by atoms with E-state index in [2.05, 4.69) is 19.2 Å². The van der Waals surface area contributed by atoms with Crippen LogP contribution >= 0.6 is 0 Å². The number of rotatable bonds is 5. The van der Waals surface area contributed by atoms with Crippen LogP contribution in [0.5, 0.6) is 0 Å². The lowest BCUT2D eigenvalue weighted by atomic mass is 9.66. The fourth-order valence-electron chi connectivity index (χ4n) is 2.90. The number of para-hydroxylation sites is 1. The average Bonchev–Trinajstić information content (AvgIpc) is 2.35. The summed E-state index contributed by atoms with van der Waals surface area (Å²) in [6.45, 7) is 6.11.